The Morgan fingerprint density at radius 2 is 1.76 bits per heavy atom. The normalized spacial score (nSPS) is 25.9. The van der Waals surface area contributed by atoms with Gasteiger partial charge in [0.1, 0.15) is 0 Å². The molecule has 1 aliphatic carbocycles. The molecule has 120 valence electrons. The molecule has 2 nitrogen and oxygen atoms in total. The predicted molar refractivity (Wildman–Crippen MR) is 78.9 cm³/mol. The summed E-state index contributed by atoms with van der Waals surface area (Å²) in [4.78, 5) is 4.03. The summed E-state index contributed by atoms with van der Waals surface area (Å²) < 4.78 is 37.8. The highest BCUT2D eigenvalue weighted by Crippen LogP contribution is 2.44. The highest BCUT2D eigenvalue weighted by Gasteiger charge is 2.37. The zero-order valence-corrected chi connectivity index (χ0v) is 13.5. The van der Waals surface area contributed by atoms with E-state index in [1.807, 2.05) is 0 Å². The monoisotopic (exact) mass is 320 g/mol. The zero-order chi connectivity index (χ0) is 15.8. The number of alkyl halides is 3. The standard InChI is InChI=1S/C15H23F3N2S/c1-14(2,3)10-6-4-9(5-7-10)12(19)11-8-20-13(21-11)15(16,17)18/h8-10,12H,4-7,19H2,1-3H3. The number of rotatable bonds is 2. The van der Waals surface area contributed by atoms with E-state index in [0.29, 0.717) is 27.5 Å². The maximum atomic E-state index is 12.6. The molecule has 0 aliphatic heterocycles. The van der Waals surface area contributed by atoms with Crippen molar-refractivity contribution in [3.8, 4) is 0 Å². The third-order valence-electron chi connectivity index (χ3n) is 4.60. The summed E-state index contributed by atoms with van der Waals surface area (Å²) in [5.74, 6) is 0.943. The first kappa shape index (κ1) is 16.7. The molecule has 1 unspecified atom stereocenters. The zero-order valence-electron chi connectivity index (χ0n) is 12.7. The molecule has 1 heterocycles. The molecule has 0 amide bonds. The van der Waals surface area contributed by atoms with Crippen LogP contribution in [0.1, 0.15) is 62.4 Å². The summed E-state index contributed by atoms with van der Waals surface area (Å²) in [6.07, 6.45) is 1.12. The summed E-state index contributed by atoms with van der Waals surface area (Å²) >= 11 is 0.687. The van der Waals surface area contributed by atoms with Gasteiger partial charge in [0.25, 0.3) is 0 Å². The third-order valence-corrected chi connectivity index (χ3v) is 5.74. The van der Waals surface area contributed by atoms with Gasteiger partial charge in [0.15, 0.2) is 5.01 Å². The predicted octanol–water partition coefficient (Wildman–Crippen LogP) is 5.01. The van der Waals surface area contributed by atoms with Crippen LogP contribution in [0.2, 0.25) is 0 Å². The highest BCUT2D eigenvalue weighted by atomic mass is 32.1. The fraction of sp³-hybridized carbons (Fsp3) is 0.800. The molecule has 2 N–H and O–H groups in total. The lowest BCUT2D eigenvalue weighted by molar-refractivity contribution is -0.137. The lowest BCUT2D eigenvalue weighted by atomic mass is 9.68. The Balaban J connectivity index is 1.99. The summed E-state index contributed by atoms with van der Waals surface area (Å²) in [5, 5.41) is -0.795. The first-order valence-electron chi connectivity index (χ1n) is 7.37. The Morgan fingerprint density at radius 3 is 2.19 bits per heavy atom. The van der Waals surface area contributed by atoms with Gasteiger partial charge in [-0.3, -0.25) is 0 Å². The number of hydrogen-bond acceptors (Lipinski definition) is 3. The number of hydrogen-bond donors (Lipinski definition) is 1. The maximum Gasteiger partial charge on any atom is 0.443 e. The van der Waals surface area contributed by atoms with Crippen LogP contribution in [0.15, 0.2) is 6.20 Å². The molecule has 1 aromatic rings. The van der Waals surface area contributed by atoms with Crippen LogP contribution in [0.4, 0.5) is 13.2 Å². The molecule has 0 saturated heterocycles. The van der Waals surface area contributed by atoms with Crippen molar-refractivity contribution < 1.29 is 13.2 Å². The van der Waals surface area contributed by atoms with Crippen molar-refractivity contribution >= 4 is 11.3 Å². The molecule has 1 fully saturated rings. The van der Waals surface area contributed by atoms with Gasteiger partial charge in [-0.1, -0.05) is 20.8 Å². The molecule has 1 aromatic heterocycles. The lowest BCUT2D eigenvalue weighted by Crippen LogP contribution is -2.30. The van der Waals surface area contributed by atoms with Gasteiger partial charge < -0.3 is 5.73 Å². The molecule has 0 bridgehead atoms. The fourth-order valence-electron chi connectivity index (χ4n) is 3.15. The van der Waals surface area contributed by atoms with Crippen LogP contribution >= 0.6 is 11.3 Å². The second-order valence-corrected chi connectivity index (χ2v) is 8.13. The average molecular weight is 320 g/mol. The Labute approximate surface area is 128 Å². The van der Waals surface area contributed by atoms with Crippen molar-refractivity contribution in [2.45, 2.75) is 58.7 Å². The summed E-state index contributed by atoms with van der Waals surface area (Å²) in [7, 11) is 0. The van der Waals surface area contributed by atoms with Gasteiger partial charge in [0.05, 0.1) is 0 Å². The van der Waals surface area contributed by atoms with Gasteiger partial charge in [-0.25, -0.2) is 4.98 Å². The van der Waals surface area contributed by atoms with Crippen LogP contribution in [0, 0.1) is 17.3 Å². The van der Waals surface area contributed by atoms with Crippen LogP contribution in [-0.2, 0) is 6.18 Å². The molecule has 6 heteroatoms. The Morgan fingerprint density at radius 1 is 1.19 bits per heavy atom. The van der Waals surface area contributed by atoms with Crippen molar-refractivity contribution in [3.05, 3.63) is 16.1 Å². The van der Waals surface area contributed by atoms with Crippen molar-refractivity contribution in [1.82, 2.24) is 4.98 Å². The van der Waals surface area contributed by atoms with E-state index in [2.05, 4.69) is 25.8 Å². The van der Waals surface area contributed by atoms with E-state index in [-0.39, 0.29) is 12.0 Å². The third kappa shape index (κ3) is 3.97. The van der Waals surface area contributed by atoms with Gasteiger partial charge in [-0.15, -0.1) is 11.3 Å². The minimum absolute atomic E-state index is 0.269. The minimum atomic E-state index is -4.37. The van der Waals surface area contributed by atoms with E-state index in [9.17, 15) is 13.2 Å². The Kier molecular flexibility index (Phi) is 4.69. The largest absolute Gasteiger partial charge is 0.443 e. The van der Waals surface area contributed by atoms with Gasteiger partial charge in [-0.2, -0.15) is 13.2 Å². The topological polar surface area (TPSA) is 38.9 Å². The van der Waals surface area contributed by atoms with Crippen molar-refractivity contribution in [3.63, 3.8) is 0 Å². The van der Waals surface area contributed by atoms with Crippen LogP contribution < -0.4 is 5.73 Å². The van der Waals surface area contributed by atoms with Crippen LogP contribution in [0.3, 0.4) is 0 Å². The first-order valence-corrected chi connectivity index (χ1v) is 8.19. The Hall–Kier alpha value is -0.620. The van der Waals surface area contributed by atoms with Crippen LogP contribution in [0.5, 0.6) is 0 Å². The van der Waals surface area contributed by atoms with E-state index < -0.39 is 11.2 Å². The second kappa shape index (κ2) is 5.88. The van der Waals surface area contributed by atoms with Crippen LogP contribution in [-0.4, -0.2) is 4.98 Å². The van der Waals surface area contributed by atoms with Crippen molar-refractivity contribution in [2.24, 2.45) is 23.0 Å². The molecule has 0 aromatic carbocycles. The van der Waals surface area contributed by atoms with E-state index in [1.54, 1.807) is 0 Å². The quantitative estimate of drug-likeness (QED) is 0.831. The second-order valence-electron chi connectivity index (χ2n) is 7.07. The molecule has 2 rings (SSSR count). The minimum Gasteiger partial charge on any atom is -0.323 e. The van der Waals surface area contributed by atoms with E-state index >= 15 is 0 Å². The SMILES string of the molecule is CC(C)(C)C1CCC(C(N)c2cnc(C(F)(F)F)s2)CC1. The maximum absolute atomic E-state index is 12.6. The highest BCUT2D eigenvalue weighted by molar-refractivity contribution is 7.11. The van der Waals surface area contributed by atoms with Gasteiger partial charge in [0, 0.05) is 17.1 Å². The molecule has 1 saturated carbocycles. The van der Waals surface area contributed by atoms with E-state index in [1.165, 1.54) is 6.20 Å². The molecule has 0 radical (unpaired) electrons. The molecule has 1 atom stereocenters. The van der Waals surface area contributed by atoms with Gasteiger partial charge >= 0.3 is 6.18 Å². The number of nitrogens with two attached hydrogens (primary N) is 1. The van der Waals surface area contributed by atoms with Crippen molar-refractivity contribution in [1.29, 1.82) is 0 Å². The summed E-state index contributed by atoms with van der Waals surface area (Å²) in [6, 6.07) is -0.320. The van der Waals surface area contributed by atoms with Crippen molar-refractivity contribution in [2.75, 3.05) is 0 Å². The molecular weight excluding hydrogens is 297 g/mol. The Bertz CT molecular complexity index is 468. The molecule has 0 spiro atoms. The molecule has 21 heavy (non-hydrogen) atoms. The molecule has 1 aliphatic rings. The summed E-state index contributed by atoms with van der Waals surface area (Å²) in [6.45, 7) is 6.74. The number of nitrogens with zero attached hydrogens (tertiary/aromatic N) is 1. The number of thiazole rings is 1. The van der Waals surface area contributed by atoms with Gasteiger partial charge in [0.2, 0.25) is 0 Å². The van der Waals surface area contributed by atoms with Gasteiger partial charge in [-0.05, 0) is 42.9 Å². The van der Waals surface area contributed by atoms with E-state index in [0.717, 1.165) is 25.7 Å². The first-order chi connectivity index (χ1) is 9.59. The average Bonchev–Trinajstić information content (AvgIpc) is 2.86. The summed E-state index contributed by atoms with van der Waals surface area (Å²) in [5.41, 5.74) is 6.48. The smallest absolute Gasteiger partial charge is 0.323 e. The fourth-order valence-corrected chi connectivity index (χ4v) is 4.03. The number of halogens is 3. The number of aromatic nitrogens is 1. The lowest BCUT2D eigenvalue weighted by Gasteiger charge is -2.38. The molecular formula is C15H23F3N2S. The van der Waals surface area contributed by atoms with Crippen LogP contribution in [0.25, 0.3) is 0 Å². The van der Waals surface area contributed by atoms with E-state index in [4.69, 9.17) is 5.73 Å².